The van der Waals surface area contributed by atoms with Crippen molar-refractivity contribution in [1.82, 2.24) is 24.8 Å². The Hall–Kier alpha value is -2.18. The summed E-state index contributed by atoms with van der Waals surface area (Å²) in [6.45, 7) is 8.58. The molecular formula is C14H21N5O2. The van der Waals surface area contributed by atoms with Crippen molar-refractivity contribution in [3.8, 4) is 0 Å². The molecule has 0 unspecified atom stereocenters. The number of hydrogen-bond donors (Lipinski definition) is 0. The first-order valence-corrected chi connectivity index (χ1v) is 7.04. The van der Waals surface area contributed by atoms with Crippen molar-refractivity contribution in [3.05, 3.63) is 28.8 Å². The maximum Gasteiger partial charge on any atom is 0.360 e. The van der Waals surface area contributed by atoms with Crippen LogP contribution in [0.1, 0.15) is 54.3 Å². The van der Waals surface area contributed by atoms with Crippen molar-refractivity contribution in [1.29, 1.82) is 0 Å². The van der Waals surface area contributed by atoms with E-state index in [9.17, 15) is 4.79 Å². The van der Waals surface area contributed by atoms with E-state index in [1.807, 2.05) is 38.6 Å². The lowest BCUT2D eigenvalue weighted by Crippen LogP contribution is -2.14. The van der Waals surface area contributed by atoms with E-state index in [0.29, 0.717) is 18.8 Å². The summed E-state index contributed by atoms with van der Waals surface area (Å²) >= 11 is 0. The predicted molar refractivity (Wildman–Crippen MR) is 77.1 cm³/mol. The van der Waals surface area contributed by atoms with Crippen LogP contribution in [-0.4, -0.2) is 37.4 Å². The van der Waals surface area contributed by atoms with E-state index in [1.165, 1.54) is 0 Å². The highest BCUT2D eigenvalue weighted by Gasteiger charge is 2.23. The third kappa shape index (κ3) is 3.12. The van der Waals surface area contributed by atoms with Gasteiger partial charge in [0, 0.05) is 7.05 Å². The number of rotatable bonds is 5. The molecule has 7 nitrogen and oxygen atoms in total. The van der Waals surface area contributed by atoms with Gasteiger partial charge in [-0.05, 0) is 25.8 Å². The summed E-state index contributed by atoms with van der Waals surface area (Å²) in [4.78, 5) is 12.0. The first-order chi connectivity index (χ1) is 9.93. The number of carbonyl (C=O) groups is 1. The van der Waals surface area contributed by atoms with E-state index >= 15 is 0 Å². The van der Waals surface area contributed by atoms with Crippen LogP contribution in [-0.2, 0) is 18.3 Å². The van der Waals surface area contributed by atoms with Gasteiger partial charge >= 0.3 is 5.97 Å². The predicted octanol–water partition coefficient (Wildman–Crippen LogP) is 1.67. The zero-order chi connectivity index (χ0) is 15.6. The second-order valence-electron chi connectivity index (χ2n) is 5.26. The van der Waals surface area contributed by atoms with Gasteiger partial charge in [0.1, 0.15) is 0 Å². The van der Waals surface area contributed by atoms with Crippen LogP contribution in [0.2, 0.25) is 0 Å². The second kappa shape index (κ2) is 6.07. The summed E-state index contributed by atoms with van der Waals surface area (Å²) in [5.41, 5.74) is 3.04. The molecule has 0 aliphatic heterocycles. The number of aromatic nitrogens is 5. The minimum atomic E-state index is -0.423. The molecule has 2 heterocycles. The Morgan fingerprint density at radius 2 is 2.14 bits per heavy atom. The van der Waals surface area contributed by atoms with Gasteiger partial charge in [-0.2, -0.15) is 5.10 Å². The molecule has 0 aromatic carbocycles. The molecule has 0 spiro atoms. The molecule has 0 saturated heterocycles. The van der Waals surface area contributed by atoms with Crippen LogP contribution in [0.4, 0.5) is 0 Å². The average molecular weight is 291 g/mol. The number of esters is 1. The molecule has 0 saturated carbocycles. The van der Waals surface area contributed by atoms with Crippen molar-refractivity contribution in [2.75, 3.05) is 6.61 Å². The lowest BCUT2D eigenvalue weighted by molar-refractivity contribution is 0.0517. The summed E-state index contributed by atoms with van der Waals surface area (Å²) in [6, 6.07) is 2.00. The molecule has 0 radical (unpaired) electrons. The van der Waals surface area contributed by atoms with Crippen LogP contribution in [0, 0.1) is 6.92 Å². The fraction of sp³-hybridized carbons (Fsp3) is 0.571. The van der Waals surface area contributed by atoms with E-state index in [2.05, 4.69) is 15.4 Å². The first-order valence-electron chi connectivity index (χ1n) is 7.04. The molecule has 7 heteroatoms. The molecule has 21 heavy (non-hydrogen) atoms. The van der Waals surface area contributed by atoms with E-state index in [0.717, 1.165) is 17.1 Å². The Morgan fingerprint density at radius 3 is 2.67 bits per heavy atom. The Balaban J connectivity index is 2.36. The monoisotopic (exact) mass is 291 g/mol. The third-order valence-electron chi connectivity index (χ3n) is 3.20. The molecule has 0 N–H and O–H groups in total. The summed E-state index contributed by atoms with van der Waals surface area (Å²) in [5, 5.41) is 12.4. The van der Waals surface area contributed by atoms with Gasteiger partial charge in [0.05, 0.1) is 30.2 Å². The summed E-state index contributed by atoms with van der Waals surface area (Å²) < 4.78 is 8.59. The van der Waals surface area contributed by atoms with Gasteiger partial charge in [0.25, 0.3) is 0 Å². The Labute approximate surface area is 123 Å². The quantitative estimate of drug-likeness (QED) is 0.783. The van der Waals surface area contributed by atoms with E-state index in [1.54, 1.807) is 11.6 Å². The average Bonchev–Trinajstić information content (AvgIpc) is 2.94. The number of carbonyl (C=O) groups excluding carboxylic acids is 1. The highest BCUT2D eigenvalue weighted by molar-refractivity contribution is 5.88. The Kier molecular flexibility index (Phi) is 4.40. The van der Waals surface area contributed by atoms with Gasteiger partial charge in [-0.25, -0.2) is 9.48 Å². The maximum absolute atomic E-state index is 12.0. The van der Waals surface area contributed by atoms with E-state index < -0.39 is 5.97 Å². The molecule has 0 bridgehead atoms. The second-order valence-corrected chi connectivity index (χ2v) is 5.26. The summed E-state index contributed by atoms with van der Waals surface area (Å²) in [7, 11) is 1.89. The van der Waals surface area contributed by atoms with Gasteiger partial charge in [-0.3, -0.25) is 4.68 Å². The molecule has 0 aliphatic carbocycles. The van der Waals surface area contributed by atoms with Gasteiger partial charge < -0.3 is 4.74 Å². The standard InChI is InChI=1S/C14H21N5O2/c1-6-21-14(20)12-13(9(2)3)19(17-15-12)8-11-7-10(4)16-18(11)5/h7,9H,6,8H2,1-5H3. The Morgan fingerprint density at radius 1 is 1.43 bits per heavy atom. The molecule has 0 fully saturated rings. The van der Waals surface area contributed by atoms with Crippen molar-refractivity contribution >= 4 is 5.97 Å². The van der Waals surface area contributed by atoms with Crippen LogP contribution in [0.15, 0.2) is 6.07 Å². The normalized spacial score (nSPS) is 11.1. The van der Waals surface area contributed by atoms with Crippen molar-refractivity contribution < 1.29 is 9.53 Å². The zero-order valence-corrected chi connectivity index (χ0v) is 13.1. The number of ether oxygens (including phenoxy) is 1. The van der Waals surface area contributed by atoms with Crippen LogP contribution in [0.3, 0.4) is 0 Å². The molecule has 114 valence electrons. The van der Waals surface area contributed by atoms with Crippen LogP contribution < -0.4 is 0 Å². The van der Waals surface area contributed by atoms with Gasteiger partial charge in [0.2, 0.25) is 0 Å². The van der Waals surface area contributed by atoms with Crippen molar-refractivity contribution in [2.45, 2.75) is 40.2 Å². The molecule has 2 rings (SSSR count). The van der Waals surface area contributed by atoms with Crippen LogP contribution in [0.5, 0.6) is 0 Å². The number of nitrogens with zero attached hydrogens (tertiary/aromatic N) is 5. The SMILES string of the molecule is CCOC(=O)c1nnn(Cc2cc(C)nn2C)c1C(C)C. The van der Waals surface area contributed by atoms with E-state index in [-0.39, 0.29) is 5.92 Å². The van der Waals surface area contributed by atoms with Gasteiger partial charge in [-0.15, -0.1) is 5.10 Å². The molecule has 0 aliphatic rings. The number of hydrogen-bond acceptors (Lipinski definition) is 5. The molecular weight excluding hydrogens is 270 g/mol. The lowest BCUT2D eigenvalue weighted by atomic mass is 10.1. The maximum atomic E-state index is 12.0. The Bertz CT molecular complexity index is 642. The first kappa shape index (κ1) is 15.2. The molecule has 2 aromatic rings. The molecule has 0 atom stereocenters. The largest absolute Gasteiger partial charge is 0.461 e. The minimum Gasteiger partial charge on any atom is -0.461 e. The van der Waals surface area contributed by atoms with Crippen LogP contribution >= 0.6 is 0 Å². The van der Waals surface area contributed by atoms with Crippen molar-refractivity contribution in [2.24, 2.45) is 7.05 Å². The summed E-state index contributed by atoms with van der Waals surface area (Å²) in [5.74, 6) is -0.303. The van der Waals surface area contributed by atoms with Gasteiger partial charge in [0.15, 0.2) is 5.69 Å². The number of aryl methyl sites for hydroxylation is 2. The fourth-order valence-electron chi connectivity index (χ4n) is 2.32. The fourth-order valence-corrected chi connectivity index (χ4v) is 2.32. The van der Waals surface area contributed by atoms with Gasteiger partial charge in [-0.1, -0.05) is 19.1 Å². The van der Waals surface area contributed by atoms with Crippen molar-refractivity contribution in [3.63, 3.8) is 0 Å². The lowest BCUT2D eigenvalue weighted by Gasteiger charge is -2.10. The smallest absolute Gasteiger partial charge is 0.360 e. The topological polar surface area (TPSA) is 74.8 Å². The minimum absolute atomic E-state index is 0.119. The molecule has 0 amide bonds. The zero-order valence-electron chi connectivity index (χ0n) is 13.1. The highest BCUT2D eigenvalue weighted by atomic mass is 16.5. The summed E-state index contributed by atoms with van der Waals surface area (Å²) in [6.07, 6.45) is 0. The highest BCUT2D eigenvalue weighted by Crippen LogP contribution is 2.19. The molecule has 2 aromatic heterocycles. The van der Waals surface area contributed by atoms with Crippen LogP contribution in [0.25, 0.3) is 0 Å². The third-order valence-corrected chi connectivity index (χ3v) is 3.20. The van der Waals surface area contributed by atoms with E-state index in [4.69, 9.17) is 4.74 Å².